The molecular weight excluding hydrogens is 363 g/mol. The number of amides is 1. The molecule has 3 N–H and O–H groups in total. The van der Waals surface area contributed by atoms with Gasteiger partial charge in [-0.2, -0.15) is 13.2 Å². The van der Waals surface area contributed by atoms with Gasteiger partial charge in [0.05, 0.1) is 11.1 Å². The van der Waals surface area contributed by atoms with Crippen molar-refractivity contribution in [3.63, 3.8) is 0 Å². The highest BCUT2D eigenvalue weighted by Gasteiger charge is 2.31. The fourth-order valence-electron chi connectivity index (χ4n) is 3.23. The number of nitrogens with one attached hydrogen (secondary N) is 2. The van der Waals surface area contributed by atoms with E-state index in [1.807, 2.05) is 4.90 Å². The molecule has 0 unspecified atom stereocenters. The third-order valence-electron chi connectivity index (χ3n) is 4.59. The quantitative estimate of drug-likeness (QED) is 0.472. The fraction of sp³-hybridized carbons (Fsp3) is 0.235. The summed E-state index contributed by atoms with van der Waals surface area (Å²) >= 11 is 0. The number of anilines is 1. The van der Waals surface area contributed by atoms with Crippen LogP contribution < -0.4 is 10.4 Å². The molecule has 3 aromatic rings. The van der Waals surface area contributed by atoms with E-state index in [1.54, 1.807) is 0 Å². The summed E-state index contributed by atoms with van der Waals surface area (Å²) in [4.78, 5) is 24.6. The highest BCUT2D eigenvalue weighted by atomic mass is 19.4. The molecule has 4 rings (SSSR count). The lowest BCUT2D eigenvalue weighted by Crippen LogP contribution is -2.31. The molecule has 2 aromatic heterocycles. The lowest BCUT2D eigenvalue weighted by atomic mass is 10.0. The molecule has 0 atom stereocenters. The predicted octanol–water partition coefficient (Wildman–Crippen LogP) is 2.66. The number of carbonyl (C=O) groups is 1. The van der Waals surface area contributed by atoms with E-state index in [0.717, 1.165) is 23.4 Å². The maximum Gasteiger partial charge on any atom is 0.416 e. The topological polar surface area (TPSA) is 94.1 Å². The van der Waals surface area contributed by atoms with Crippen LogP contribution in [-0.2, 0) is 19.1 Å². The SMILES string of the molecule is O=C(NO)c1cnc(N2CCc3[nH]c4ccc(C(F)(F)F)cc4c3C2)nc1. The van der Waals surface area contributed by atoms with Gasteiger partial charge in [0.15, 0.2) is 0 Å². The summed E-state index contributed by atoms with van der Waals surface area (Å²) in [6.45, 7) is 0.930. The van der Waals surface area contributed by atoms with Crippen LogP contribution in [0.5, 0.6) is 0 Å². The van der Waals surface area contributed by atoms with Gasteiger partial charge in [-0.05, 0) is 18.2 Å². The monoisotopic (exact) mass is 377 g/mol. The zero-order valence-electron chi connectivity index (χ0n) is 13.8. The number of rotatable bonds is 2. The van der Waals surface area contributed by atoms with Gasteiger partial charge in [0.1, 0.15) is 0 Å². The zero-order valence-corrected chi connectivity index (χ0v) is 13.8. The van der Waals surface area contributed by atoms with E-state index < -0.39 is 17.6 Å². The van der Waals surface area contributed by atoms with E-state index in [-0.39, 0.29) is 5.56 Å². The molecule has 0 aliphatic carbocycles. The number of halogens is 3. The Labute approximate surface area is 150 Å². The highest BCUT2D eigenvalue weighted by Crippen LogP contribution is 2.35. The van der Waals surface area contributed by atoms with Crippen molar-refractivity contribution in [3.05, 3.63) is 53.0 Å². The average molecular weight is 377 g/mol. The van der Waals surface area contributed by atoms with Crippen molar-refractivity contribution in [3.8, 4) is 0 Å². The molecule has 0 fully saturated rings. The number of nitrogens with zero attached hydrogens (tertiary/aromatic N) is 3. The van der Waals surface area contributed by atoms with Gasteiger partial charge in [-0.3, -0.25) is 10.0 Å². The van der Waals surface area contributed by atoms with Crippen molar-refractivity contribution in [2.45, 2.75) is 19.1 Å². The minimum absolute atomic E-state index is 0.0980. The normalized spacial score (nSPS) is 14.3. The average Bonchev–Trinajstić information content (AvgIpc) is 3.04. The molecule has 1 aliphatic heterocycles. The molecule has 0 bridgehead atoms. The lowest BCUT2D eigenvalue weighted by molar-refractivity contribution is -0.137. The first-order valence-corrected chi connectivity index (χ1v) is 8.09. The number of alkyl halides is 3. The number of aromatic amines is 1. The minimum Gasteiger partial charge on any atom is -0.358 e. The molecule has 1 aliphatic rings. The van der Waals surface area contributed by atoms with Crippen LogP contribution in [0.3, 0.4) is 0 Å². The first-order chi connectivity index (χ1) is 12.9. The number of hydrogen-bond donors (Lipinski definition) is 3. The number of benzene rings is 1. The first kappa shape index (κ1) is 17.3. The third-order valence-corrected chi connectivity index (χ3v) is 4.59. The number of H-pyrrole nitrogens is 1. The van der Waals surface area contributed by atoms with E-state index in [9.17, 15) is 18.0 Å². The second kappa shape index (κ2) is 6.23. The Morgan fingerprint density at radius 2 is 2.00 bits per heavy atom. The Balaban J connectivity index is 1.66. The van der Waals surface area contributed by atoms with E-state index in [4.69, 9.17) is 5.21 Å². The molecule has 0 saturated heterocycles. The fourth-order valence-corrected chi connectivity index (χ4v) is 3.23. The van der Waals surface area contributed by atoms with Crippen molar-refractivity contribution in [1.82, 2.24) is 20.4 Å². The van der Waals surface area contributed by atoms with Crippen molar-refractivity contribution >= 4 is 22.8 Å². The van der Waals surface area contributed by atoms with Crippen LogP contribution in [0.15, 0.2) is 30.6 Å². The summed E-state index contributed by atoms with van der Waals surface area (Å²) < 4.78 is 39.1. The summed E-state index contributed by atoms with van der Waals surface area (Å²) in [5.41, 5.74) is 3.25. The first-order valence-electron chi connectivity index (χ1n) is 8.09. The summed E-state index contributed by atoms with van der Waals surface area (Å²) in [5.74, 6) is -0.366. The Morgan fingerprint density at radius 1 is 1.26 bits per heavy atom. The van der Waals surface area contributed by atoms with E-state index in [1.165, 1.54) is 23.9 Å². The van der Waals surface area contributed by atoms with Gasteiger partial charge in [0.25, 0.3) is 5.91 Å². The lowest BCUT2D eigenvalue weighted by Gasteiger charge is -2.27. The van der Waals surface area contributed by atoms with Crippen LogP contribution in [-0.4, -0.2) is 32.6 Å². The van der Waals surface area contributed by atoms with Crippen molar-refractivity contribution < 1.29 is 23.2 Å². The number of hydrogen-bond acceptors (Lipinski definition) is 5. The Morgan fingerprint density at radius 3 is 2.67 bits per heavy atom. The van der Waals surface area contributed by atoms with Gasteiger partial charge in [0, 0.05) is 54.1 Å². The van der Waals surface area contributed by atoms with Crippen molar-refractivity contribution in [2.24, 2.45) is 0 Å². The van der Waals surface area contributed by atoms with Gasteiger partial charge in [-0.25, -0.2) is 15.4 Å². The van der Waals surface area contributed by atoms with Crippen LogP contribution in [0.4, 0.5) is 19.1 Å². The van der Waals surface area contributed by atoms with E-state index in [2.05, 4.69) is 15.0 Å². The summed E-state index contributed by atoms with van der Waals surface area (Å²) in [6, 6.07) is 3.67. The molecule has 27 heavy (non-hydrogen) atoms. The number of fused-ring (bicyclic) bond motifs is 3. The molecule has 0 spiro atoms. The third kappa shape index (κ3) is 3.08. The Kier molecular flexibility index (Phi) is 3.99. The summed E-state index contributed by atoms with van der Waals surface area (Å²) in [7, 11) is 0. The smallest absolute Gasteiger partial charge is 0.358 e. The molecule has 7 nitrogen and oxygen atoms in total. The molecular formula is C17H14F3N5O2. The molecule has 0 saturated carbocycles. The second-order valence-corrected chi connectivity index (χ2v) is 6.22. The van der Waals surface area contributed by atoms with E-state index >= 15 is 0 Å². The minimum atomic E-state index is -4.40. The molecule has 140 valence electrons. The van der Waals surface area contributed by atoms with Gasteiger partial charge in [-0.1, -0.05) is 0 Å². The number of hydroxylamine groups is 1. The largest absolute Gasteiger partial charge is 0.416 e. The summed E-state index contributed by atoms with van der Waals surface area (Å²) in [5, 5.41) is 9.15. The van der Waals surface area contributed by atoms with Crippen LogP contribution in [0.1, 0.15) is 27.2 Å². The van der Waals surface area contributed by atoms with Gasteiger partial charge < -0.3 is 9.88 Å². The van der Waals surface area contributed by atoms with Crippen molar-refractivity contribution in [2.75, 3.05) is 11.4 Å². The van der Waals surface area contributed by atoms with Crippen molar-refractivity contribution in [1.29, 1.82) is 0 Å². The van der Waals surface area contributed by atoms with Crippen LogP contribution >= 0.6 is 0 Å². The summed E-state index contributed by atoms with van der Waals surface area (Å²) in [6.07, 6.45) is -1.24. The van der Waals surface area contributed by atoms with Gasteiger partial charge in [0.2, 0.25) is 5.95 Å². The second-order valence-electron chi connectivity index (χ2n) is 6.22. The molecule has 0 radical (unpaired) electrons. The van der Waals surface area contributed by atoms with Gasteiger partial charge in [-0.15, -0.1) is 0 Å². The van der Waals surface area contributed by atoms with E-state index in [0.29, 0.717) is 36.4 Å². The van der Waals surface area contributed by atoms with Gasteiger partial charge >= 0.3 is 6.18 Å². The zero-order chi connectivity index (χ0) is 19.2. The highest BCUT2D eigenvalue weighted by molar-refractivity contribution is 5.92. The standard InChI is InChI=1S/C17H14F3N5O2/c18-17(19,20)10-1-2-13-11(5-10)12-8-25(4-3-14(12)23-13)16-21-6-9(7-22-16)15(26)24-27/h1-2,5-7,23,27H,3-4,8H2,(H,24,26). The Bertz CT molecular complexity index is 1010. The molecule has 3 heterocycles. The maximum atomic E-state index is 13.0. The van der Waals surface area contributed by atoms with Crippen LogP contribution in [0.25, 0.3) is 10.9 Å². The Hall–Kier alpha value is -3.14. The molecule has 1 aromatic carbocycles. The van der Waals surface area contributed by atoms with Crippen LogP contribution in [0.2, 0.25) is 0 Å². The number of carbonyl (C=O) groups excluding carboxylic acids is 1. The predicted molar refractivity (Wildman–Crippen MR) is 89.3 cm³/mol. The molecule has 1 amide bonds. The molecule has 10 heteroatoms. The number of aromatic nitrogens is 3. The maximum absolute atomic E-state index is 13.0. The van der Waals surface area contributed by atoms with Crippen LogP contribution in [0, 0.1) is 0 Å².